The van der Waals surface area contributed by atoms with Gasteiger partial charge in [-0.25, -0.2) is 0 Å². The minimum Gasteiger partial charge on any atom is -0.406 e. The number of hydrogen-bond donors (Lipinski definition) is 2. The summed E-state index contributed by atoms with van der Waals surface area (Å²) in [7, 11) is 0. The van der Waals surface area contributed by atoms with Crippen molar-refractivity contribution < 1.29 is 22.7 Å². The molecule has 1 fully saturated rings. The molecular weight excluding hydrogens is 285 g/mol. The Morgan fingerprint density at radius 2 is 1.95 bits per heavy atom. The minimum absolute atomic E-state index is 0.105. The summed E-state index contributed by atoms with van der Waals surface area (Å²) in [6.45, 7) is 0.487. The van der Waals surface area contributed by atoms with Crippen molar-refractivity contribution in [2.75, 3.05) is 6.54 Å². The lowest BCUT2D eigenvalue weighted by molar-refractivity contribution is -0.274. The Morgan fingerprint density at radius 1 is 1.29 bits per heavy atom. The second kappa shape index (κ2) is 6.34. The van der Waals surface area contributed by atoms with Crippen LogP contribution in [-0.2, 0) is 0 Å². The van der Waals surface area contributed by atoms with Gasteiger partial charge in [0.25, 0.3) is 5.91 Å². The molecule has 1 amide bonds. The molecule has 1 aliphatic carbocycles. The molecule has 1 aromatic carbocycles. The van der Waals surface area contributed by atoms with Gasteiger partial charge in [0.15, 0.2) is 0 Å². The average Bonchev–Trinajstić information content (AvgIpc) is 2.80. The molecule has 116 valence electrons. The second-order valence-corrected chi connectivity index (χ2v) is 5.14. The Balaban J connectivity index is 1.87. The Bertz CT molecular complexity index is 488. The molecule has 1 aromatic rings. The molecule has 0 saturated heterocycles. The molecule has 0 aromatic heterocycles. The average molecular weight is 302 g/mol. The van der Waals surface area contributed by atoms with E-state index in [9.17, 15) is 18.0 Å². The molecule has 21 heavy (non-hydrogen) atoms. The molecule has 0 heterocycles. The van der Waals surface area contributed by atoms with Gasteiger partial charge in [-0.05, 0) is 43.0 Å². The van der Waals surface area contributed by atoms with Crippen molar-refractivity contribution in [3.8, 4) is 5.75 Å². The topological polar surface area (TPSA) is 64.3 Å². The van der Waals surface area contributed by atoms with Crippen molar-refractivity contribution in [1.82, 2.24) is 5.32 Å². The van der Waals surface area contributed by atoms with Gasteiger partial charge in [0.1, 0.15) is 5.75 Å². The molecule has 0 aliphatic heterocycles. The van der Waals surface area contributed by atoms with Gasteiger partial charge in [-0.1, -0.05) is 6.42 Å². The lowest BCUT2D eigenvalue weighted by atomic mass is 10.0. The summed E-state index contributed by atoms with van der Waals surface area (Å²) >= 11 is 0. The summed E-state index contributed by atoms with van der Waals surface area (Å²) in [6, 6.07) is 4.93. The van der Waals surface area contributed by atoms with E-state index in [4.69, 9.17) is 5.73 Å². The van der Waals surface area contributed by atoms with E-state index in [0.717, 1.165) is 31.4 Å². The molecule has 1 saturated carbocycles. The third kappa shape index (κ3) is 4.63. The number of rotatable bonds is 4. The summed E-state index contributed by atoms with van der Waals surface area (Å²) < 4.78 is 39.8. The molecular formula is C14H17F3N2O2. The van der Waals surface area contributed by atoms with Crippen LogP contribution in [0, 0.1) is 5.92 Å². The molecule has 2 rings (SSSR count). The Hall–Kier alpha value is -1.76. The van der Waals surface area contributed by atoms with E-state index in [1.54, 1.807) is 0 Å². The zero-order chi connectivity index (χ0) is 15.5. The van der Waals surface area contributed by atoms with Crippen LogP contribution >= 0.6 is 0 Å². The van der Waals surface area contributed by atoms with Crippen molar-refractivity contribution in [2.24, 2.45) is 11.7 Å². The monoisotopic (exact) mass is 302 g/mol. The fourth-order valence-corrected chi connectivity index (χ4v) is 2.45. The number of halogens is 3. The molecule has 1 aliphatic rings. The first-order valence-electron chi connectivity index (χ1n) is 6.75. The van der Waals surface area contributed by atoms with E-state index in [1.165, 1.54) is 12.1 Å². The van der Waals surface area contributed by atoms with Crippen LogP contribution in [-0.4, -0.2) is 24.9 Å². The van der Waals surface area contributed by atoms with E-state index >= 15 is 0 Å². The second-order valence-electron chi connectivity index (χ2n) is 5.14. The van der Waals surface area contributed by atoms with Crippen LogP contribution in [0.25, 0.3) is 0 Å². The van der Waals surface area contributed by atoms with E-state index < -0.39 is 6.36 Å². The highest BCUT2D eigenvalue weighted by Gasteiger charge is 2.31. The number of alkyl halides is 3. The first-order valence-corrected chi connectivity index (χ1v) is 6.75. The zero-order valence-electron chi connectivity index (χ0n) is 11.3. The van der Waals surface area contributed by atoms with Crippen molar-refractivity contribution >= 4 is 5.91 Å². The number of carbonyl (C=O) groups is 1. The molecule has 7 heteroatoms. The van der Waals surface area contributed by atoms with Gasteiger partial charge in [0.05, 0.1) is 0 Å². The van der Waals surface area contributed by atoms with Crippen molar-refractivity contribution in [3.63, 3.8) is 0 Å². The smallest absolute Gasteiger partial charge is 0.406 e. The van der Waals surface area contributed by atoms with E-state index in [0.29, 0.717) is 6.54 Å². The Labute approximate surface area is 120 Å². The van der Waals surface area contributed by atoms with Crippen LogP contribution in [0.2, 0.25) is 0 Å². The number of benzene rings is 1. The van der Waals surface area contributed by atoms with Crippen LogP contribution in [0.5, 0.6) is 5.75 Å². The third-order valence-electron chi connectivity index (χ3n) is 3.59. The summed E-state index contributed by atoms with van der Waals surface area (Å²) in [5.74, 6) is -0.411. The van der Waals surface area contributed by atoms with Crippen LogP contribution in [0.1, 0.15) is 29.6 Å². The maximum absolute atomic E-state index is 12.0. The largest absolute Gasteiger partial charge is 0.573 e. The third-order valence-corrected chi connectivity index (χ3v) is 3.59. The van der Waals surface area contributed by atoms with Crippen LogP contribution in [0.15, 0.2) is 24.3 Å². The fourth-order valence-electron chi connectivity index (χ4n) is 2.45. The first-order chi connectivity index (χ1) is 9.85. The molecule has 0 spiro atoms. The molecule has 0 bridgehead atoms. The van der Waals surface area contributed by atoms with Crippen LogP contribution in [0.4, 0.5) is 13.2 Å². The van der Waals surface area contributed by atoms with Gasteiger partial charge in [-0.15, -0.1) is 13.2 Å². The SMILES string of the molecule is NC1CCCC1CNC(=O)c1ccc(OC(F)(F)F)cc1. The number of hydrogen-bond acceptors (Lipinski definition) is 3. The number of nitrogens with two attached hydrogens (primary N) is 1. The van der Waals surface area contributed by atoms with Gasteiger partial charge >= 0.3 is 6.36 Å². The molecule has 0 radical (unpaired) electrons. The zero-order valence-corrected chi connectivity index (χ0v) is 11.3. The number of amides is 1. The van der Waals surface area contributed by atoms with Gasteiger partial charge in [0.2, 0.25) is 0 Å². The van der Waals surface area contributed by atoms with E-state index in [1.807, 2.05) is 0 Å². The quantitative estimate of drug-likeness (QED) is 0.898. The summed E-state index contributed by atoms with van der Waals surface area (Å²) in [5.41, 5.74) is 6.20. The lowest BCUT2D eigenvalue weighted by Crippen LogP contribution is -2.36. The van der Waals surface area contributed by atoms with Crippen LogP contribution in [0.3, 0.4) is 0 Å². The Morgan fingerprint density at radius 3 is 2.48 bits per heavy atom. The number of ether oxygens (including phenoxy) is 1. The minimum atomic E-state index is -4.73. The summed E-state index contributed by atoms with van der Waals surface area (Å²) in [6.07, 6.45) is -1.72. The standard InChI is InChI=1S/C14H17F3N2O2/c15-14(16,17)21-11-6-4-9(5-7-11)13(20)19-8-10-2-1-3-12(10)18/h4-7,10,12H,1-3,8,18H2,(H,19,20). The highest BCUT2D eigenvalue weighted by molar-refractivity contribution is 5.94. The Kier molecular flexibility index (Phi) is 4.72. The normalized spacial score (nSPS) is 22.1. The van der Waals surface area contributed by atoms with Gasteiger partial charge in [0, 0.05) is 18.2 Å². The van der Waals surface area contributed by atoms with Gasteiger partial charge in [-0.2, -0.15) is 0 Å². The van der Waals surface area contributed by atoms with Crippen molar-refractivity contribution in [1.29, 1.82) is 0 Å². The van der Waals surface area contributed by atoms with Crippen molar-refractivity contribution in [2.45, 2.75) is 31.7 Å². The lowest BCUT2D eigenvalue weighted by Gasteiger charge is -2.16. The van der Waals surface area contributed by atoms with E-state index in [2.05, 4.69) is 10.1 Å². The first kappa shape index (κ1) is 15.6. The molecule has 3 N–H and O–H groups in total. The highest BCUT2D eigenvalue weighted by Crippen LogP contribution is 2.24. The summed E-state index contributed by atoms with van der Waals surface area (Å²) in [5, 5.41) is 2.76. The number of nitrogens with one attached hydrogen (secondary N) is 1. The predicted octanol–water partition coefficient (Wildman–Crippen LogP) is 2.44. The maximum atomic E-state index is 12.0. The maximum Gasteiger partial charge on any atom is 0.573 e. The van der Waals surface area contributed by atoms with E-state index in [-0.39, 0.29) is 29.2 Å². The molecule has 4 nitrogen and oxygen atoms in total. The van der Waals surface area contributed by atoms with Crippen molar-refractivity contribution in [3.05, 3.63) is 29.8 Å². The van der Waals surface area contributed by atoms with Crippen LogP contribution < -0.4 is 15.8 Å². The fraction of sp³-hybridized carbons (Fsp3) is 0.500. The molecule has 2 atom stereocenters. The highest BCUT2D eigenvalue weighted by atomic mass is 19.4. The van der Waals surface area contributed by atoms with Gasteiger partial charge < -0.3 is 15.8 Å². The van der Waals surface area contributed by atoms with Gasteiger partial charge in [-0.3, -0.25) is 4.79 Å². The predicted molar refractivity (Wildman–Crippen MR) is 70.8 cm³/mol. The molecule has 2 unspecified atom stereocenters. The number of carbonyl (C=O) groups excluding carboxylic acids is 1. The summed E-state index contributed by atoms with van der Waals surface area (Å²) in [4.78, 5) is 11.9.